The van der Waals surface area contributed by atoms with Gasteiger partial charge in [0.25, 0.3) is 5.91 Å². The van der Waals surface area contributed by atoms with Crippen LogP contribution in [-0.4, -0.2) is 21.9 Å². The molecule has 0 bridgehead atoms. The lowest BCUT2D eigenvalue weighted by molar-refractivity contribution is 0.0600. The van der Waals surface area contributed by atoms with E-state index in [-0.39, 0.29) is 11.9 Å². The van der Waals surface area contributed by atoms with Crippen LogP contribution in [0.2, 0.25) is 0 Å². The predicted octanol–water partition coefficient (Wildman–Crippen LogP) is 6.27. The fourth-order valence-electron chi connectivity index (χ4n) is 5.99. The van der Waals surface area contributed by atoms with E-state index in [1.54, 1.807) is 0 Å². The Morgan fingerprint density at radius 1 is 0.939 bits per heavy atom. The Morgan fingerprint density at radius 2 is 1.76 bits per heavy atom. The van der Waals surface area contributed by atoms with Gasteiger partial charge in [0.1, 0.15) is 0 Å². The maximum absolute atomic E-state index is 13.9. The average molecular weight is 435 g/mol. The van der Waals surface area contributed by atoms with Gasteiger partial charge < -0.3 is 9.47 Å². The highest BCUT2D eigenvalue weighted by atomic mass is 16.2. The number of benzene rings is 3. The zero-order chi connectivity index (χ0) is 22.4. The first kappa shape index (κ1) is 20.3. The van der Waals surface area contributed by atoms with Crippen molar-refractivity contribution < 1.29 is 4.79 Å². The van der Waals surface area contributed by atoms with E-state index in [0.717, 1.165) is 56.3 Å². The third kappa shape index (κ3) is 3.47. The van der Waals surface area contributed by atoms with Crippen molar-refractivity contribution in [2.24, 2.45) is 0 Å². The van der Waals surface area contributed by atoms with Crippen LogP contribution in [0.3, 0.4) is 0 Å². The molecule has 166 valence electrons. The molecule has 1 amide bonds. The van der Waals surface area contributed by atoms with Gasteiger partial charge in [-0.2, -0.15) is 0 Å². The smallest absolute Gasteiger partial charge is 0.254 e. The fourth-order valence-corrected chi connectivity index (χ4v) is 5.99. The molecule has 1 atom stereocenters. The molecule has 33 heavy (non-hydrogen) atoms. The Labute approximate surface area is 195 Å². The highest BCUT2D eigenvalue weighted by Gasteiger charge is 2.37. The van der Waals surface area contributed by atoms with Gasteiger partial charge in [0, 0.05) is 35.2 Å². The molecule has 3 heteroatoms. The molecule has 3 aromatic carbocycles. The molecular formula is C30H30N2O. The highest BCUT2D eigenvalue weighted by molar-refractivity contribution is 5.96. The van der Waals surface area contributed by atoms with Crippen molar-refractivity contribution in [3.8, 4) is 0 Å². The summed E-state index contributed by atoms with van der Waals surface area (Å²) in [5.74, 6) is 0.198. The molecule has 1 aliphatic carbocycles. The van der Waals surface area contributed by atoms with E-state index in [1.165, 1.54) is 33.3 Å². The molecule has 2 aliphatic rings. The molecule has 4 aromatic rings. The number of aryl methyl sites for hydroxylation is 4. The van der Waals surface area contributed by atoms with Crippen LogP contribution < -0.4 is 0 Å². The minimum atomic E-state index is 0.185. The molecule has 1 aliphatic heterocycles. The minimum Gasteiger partial charge on any atom is -0.341 e. The molecule has 1 aromatic heterocycles. The molecule has 0 radical (unpaired) electrons. The van der Waals surface area contributed by atoms with Gasteiger partial charge in [-0.3, -0.25) is 4.79 Å². The van der Waals surface area contributed by atoms with Gasteiger partial charge in [0.2, 0.25) is 0 Å². The maximum Gasteiger partial charge on any atom is 0.254 e. The lowest BCUT2D eigenvalue weighted by atomic mass is 9.88. The molecule has 0 fully saturated rings. The third-order valence-corrected chi connectivity index (χ3v) is 7.56. The number of aromatic nitrogens is 1. The summed E-state index contributed by atoms with van der Waals surface area (Å²) in [5.41, 5.74) is 8.86. The van der Waals surface area contributed by atoms with E-state index in [1.807, 2.05) is 12.1 Å². The molecule has 0 saturated carbocycles. The summed E-state index contributed by atoms with van der Waals surface area (Å²) in [6, 6.07) is 25.8. The predicted molar refractivity (Wildman–Crippen MR) is 134 cm³/mol. The Morgan fingerprint density at radius 3 is 2.64 bits per heavy atom. The van der Waals surface area contributed by atoms with Crippen molar-refractivity contribution in [2.75, 3.05) is 6.54 Å². The van der Waals surface area contributed by atoms with Gasteiger partial charge in [0.15, 0.2) is 0 Å². The second-order valence-corrected chi connectivity index (χ2v) is 9.59. The fraction of sp³-hybridized carbons (Fsp3) is 0.300. The molecule has 0 unspecified atom stereocenters. The number of carbonyl (C=O) groups excluding carboxylic acids is 1. The molecule has 0 saturated heterocycles. The summed E-state index contributed by atoms with van der Waals surface area (Å²) in [5, 5.41) is 1.40. The van der Waals surface area contributed by atoms with Gasteiger partial charge in [-0.25, -0.2) is 0 Å². The van der Waals surface area contributed by atoms with Crippen LogP contribution in [-0.2, 0) is 25.8 Å². The van der Waals surface area contributed by atoms with Gasteiger partial charge >= 0.3 is 0 Å². The molecular weight excluding hydrogens is 404 g/mol. The molecule has 3 nitrogen and oxygen atoms in total. The summed E-state index contributed by atoms with van der Waals surface area (Å²) < 4.78 is 2.50. The second-order valence-electron chi connectivity index (χ2n) is 9.59. The number of nitrogens with zero attached hydrogens (tertiary/aromatic N) is 2. The number of hydrogen-bond acceptors (Lipinski definition) is 1. The Balaban J connectivity index is 1.33. The van der Waals surface area contributed by atoms with Gasteiger partial charge in [0.05, 0.1) is 6.04 Å². The quantitative estimate of drug-likeness (QED) is 0.372. The normalized spacial score (nSPS) is 17.2. The van der Waals surface area contributed by atoms with Crippen LogP contribution in [0.5, 0.6) is 0 Å². The number of amides is 1. The zero-order valence-corrected chi connectivity index (χ0v) is 19.3. The second kappa shape index (κ2) is 8.22. The Kier molecular flexibility index (Phi) is 5.05. The van der Waals surface area contributed by atoms with Crippen LogP contribution in [0.1, 0.15) is 57.2 Å². The van der Waals surface area contributed by atoms with Gasteiger partial charge in [-0.1, -0.05) is 60.2 Å². The van der Waals surface area contributed by atoms with E-state index in [9.17, 15) is 4.79 Å². The van der Waals surface area contributed by atoms with Crippen molar-refractivity contribution in [1.82, 2.24) is 9.47 Å². The van der Waals surface area contributed by atoms with Crippen LogP contribution in [0, 0.1) is 6.92 Å². The number of rotatable bonds is 4. The molecule has 0 N–H and O–H groups in total. The largest absolute Gasteiger partial charge is 0.341 e. The first-order valence-electron chi connectivity index (χ1n) is 12.2. The lowest BCUT2D eigenvalue weighted by Crippen LogP contribution is -2.43. The van der Waals surface area contributed by atoms with E-state index in [4.69, 9.17) is 0 Å². The lowest BCUT2D eigenvalue weighted by Gasteiger charge is -2.40. The van der Waals surface area contributed by atoms with Crippen molar-refractivity contribution in [2.45, 2.75) is 51.6 Å². The number of fused-ring (bicyclic) bond motifs is 3. The third-order valence-electron chi connectivity index (χ3n) is 7.56. The van der Waals surface area contributed by atoms with Crippen LogP contribution >= 0.6 is 0 Å². The summed E-state index contributed by atoms with van der Waals surface area (Å²) in [6.07, 6.45) is 5.15. The molecule has 6 rings (SSSR count). The van der Waals surface area contributed by atoms with E-state index >= 15 is 0 Å². The molecule has 2 heterocycles. The van der Waals surface area contributed by atoms with Crippen LogP contribution in [0.15, 0.2) is 72.8 Å². The number of hydrogen-bond donors (Lipinski definition) is 0. The summed E-state index contributed by atoms with van der Waals surface area (Å²) in [6.45, 7) is 3.83. The first-order chi connectivity index (χ1) is 16.2. The highest BCUT2D eigenvalue weighted by Crippen LogP contribution is 2.43. The maximum atomic E-state index is 13.9. The topological polar surface area (TPSA) is 25.2 Å². The van der Waals surface area contributed by atoms with Crippen LogP contribution in [0.25, 0.3) is 10.9 Å². The van der Waals surface area contributed by atoms with Gasteiger partial charge in [-0.15, -0.1) is 0 Å². The van der Waals surface area contributed by atoms with Crippen molar-refractivity contribution in [3.05, 3.63) is 106 Å². The Bertz CT molecular complexity index is 1330. The standard InChI is InChI=1S/C30H30N2O/c1-21-14-17-27-26(20-21)25-12-7-13-28-29(25)31(27)18-19-32(28)30(33)24-11-6-5-10-23(24)16-15-22-8-3-2-4-9-22/h2-6,8-11,14,17,20,28H,7,12-13,15-16,18-19H2,1H3/t28-/m1/s1. The monoisotopic (exact) mass is 434 g/mol. The van der Waals surface area contributed by atoms with Crippen molar-refractivity contribution >= 4 is 16.8 Å². The SMILES string of the molecule is Cc1ccc2c(c1)c1c3n2CCN(C(=O)c2ccccc2CCc2ccccc2)[C@@H]3CCC1. The average Bonchev–Trinajstić information content (AvgIpc) is 3.18. The number of carbonyl (C=O) groups is 1. The van der Waals surface area contributed by atoms with Crippen LogP contribution in [0.4, 0.5) is 0 Å². The minimum absolute atomic E-state index is 0.185. The van der Waals surface area contributed by atoms with E-state index < -0.39 is 0 Å². The zero-order valence-electron chi connectivity index (χ0n) is 19.3. The first-order valence-corrected chi connectivity index (χ1v) is 12.2. The van der Waals surface area contributed by atoms with E-state index in [2.05, 4.69) is 77.1 Å². The Hall–Kier alpha value is -3.33. The van der Waals surface area contributed by atoms with E-state index in [0.29, 0.717) is 0 Å². The van der Waals surface area contributed by atoms with Crippen molar-refractivity contribution in [3.63, 3.8) is 0 Å². The summed E-state index contributed by atoms with van der Waals surface area (Å²) in [7, 11) is 0. The van der Waals surface area contributed by atoms with Gasteiger partial charge in [-0.05, 0) is 73.9 Å². The summed E-state index contributed by atoms with van der Waals surface area (Å²) >= 11 is 0. The molecule has 0 spiro atoms. The summed E-state index contributed by atoms with van der Waals surface area (Å²) in [4.78, 5) is 16.1. The van der Waals surface area contributed by atoms with Crippen molar-refractivity contribution in [1.29, 1.82) is 0 Å².